The molecule has 0 fully saturated rings. The number of hydrogen-bond donors (Lipinski definition) is 5. The third-order valence-electron chi connectivity index (χ3n) is 2.59. The van der Waals surface area contributed by atoms with Crippen LogP contribution < -0.4 is 16.5 Å². The van der Waals surface area contributed by atoms with Gasteiger partial charge in [0, 0.05) is 0 Å². The number of nitrogens with two attached hydrogens (primary N) is 1. The summed E-state index contributed by atoms with van der Waals surface area (Å²) < 4.78 is 0. The van der Waals surface area contributed by atoms with Gasteiger partial charge < -0.3 is 16.2 Å². The van der Waals surface area contributed by atoms with E-state index in [-0.39, 0.29) is 12.2 Å². The van der Waals surface area contributed by atoms with Crippen LogP contribution in [0.3, 0.4) is 0 Å². The Hall–Kier alpha value is -2.12. The Morgan fingerprint density at radius 2 is 1.84 bits per heavy atom. The maximum atomic E-state index is 11.7. The summed E-state index contributed by atoms with van der Waals surface area (Å²) in [5, 5.41) is 19.9. The number of phenols is 1. The molecule has 2 atom stereocenters. The molecule has 6 N–H and O–H groups in total. The lowest BCUT2D eigenvalue weighted by atomic mass is 10.1. The molecule has 1 aromatic rings. The number of nitrogens with one attached hydrogen (secondary N) is 2. The van der Waals surface area contributed by atoms with Gasteiger partial charge in [0.05, 0.1) is 6.04 Å². The highest BCUT2D eigenvalue weighted by molar-refractivity contribution is 5.89. The predicted molar refractivity (Wildman–Crippen MR) is 67.3 cm³/mol. The van der Waals surface area contributed by atoms with E-state index in [9.17, 15) is 9.59 Å². The number of benzene rings is 1. The van der Waals surface area contributed by atoms with Gasteiger partial charge in [-0.05, 0) is 31.0 Å². The van der Waals surface area contributed by atoms with Crippen LogP contribution in [0.1, 0.15) is 12.5 Å². The van der Waals surface area contributed by atoms with E-state index >= 15 is 0 Å². The molecule has 0 aliphatic heterocycles. The molecule has 0 aromatic heterocycles. The quantitative estimate of drug-likeness (QED) is 0.355. The SMILES string of the molecule is C[C@H](NC(=O)[C@@H](N)Cc1ccc(O)cc1)C(=O)NO. The number of phenolic OH excluding ortho intramolecular Hbond substituents is 1. The summed E-state index contributed by atoms with van der Waals surface area (Å²) in [6, 6.07) is 4.63. The Morgan fingerprint density at radius 1 is 1.26 bits per heavy atom. The fourth-order valence-corrected chi connectivity index (χ4v) is 1.46. The van der Waals surface area contributed by atoms with E-state index in [0.717, 1.165) is 5.56 Å². The lowest BCUT2D eigenvalue weighted by Crippen LogP contribution is -2.50. The Morgan fingerprint density at radius 3 is 2.37 bits per heavy atom. The normalized spacial score (nSPS) is 13.4. The summed E-state index contributed by atoms with van der Waals surface area (Å²) >= 11 is 0. The average Bonchev–Trinajstić information content (AvgIpc) is 2.40. The number of rotatable bonds is 5. The molecule has 104 valence electrons. The molecule has 0 unspecified atom stereocenters. The zero-order valence-corrected chi connectivity index (χ0v) is 10.5. The van der Waals surface area contributed by atoms with E-state index in [2.05, 4.69) is 5.32 Å². The summed E-state index contributed by atoms with van der Waals surface area (Å²) in [4.78, 5) is 22.7. The minimum absolute atomic E-state index is 0.134. The number of hydrogen-bond acceptors (Lipinski definition) is 5. The topological polar surface area (TPSA) is 125 Å². The van der Waals surface area contributed by atoms with Crippen LogP contribution in [0.15, 0.2) is 24.3 Å². The van der Waals surface area contributed by atoms with Gasteiger partial charge in [-0.3, -0.25) is 14.8 Å². The fourth-order valence-electron chi connectivity index (χ4n) is 1.46. The van der Waals surface area contributed by atoms with Gasteiger partial charge in [-0.15, -0.1) is 0 Å². The van der Waals surface area contributed by atoms with E-state index < -0.39 is 23.9 Å². The van der Waals surface area contributed by atoms with Crippen LogP contribution in [-0.4, -0.2) is 34.2 Å². The molecule has 7 nitrogen and oxygen atoms in total. The number of carbonyl (C=O) groups is 2. The van der Waals surface area contributed by atoms with Crippen molar-refractivity contribution >= 4 is 11.8 Å². The largest absolute Gasteiger partial charge is 0.508 e. The van der Waals surface area contributed by atoms with Crippen molar-refractivity contribution < 1.29 is 19.9 Å². The number of amides is 2. The van der Waals surface area contributed by atoms with E-state index in [1.54, 1.807) is 12.1 Å². The average molecular weight is 267 g/mol. The smallest absolute Gasteiger partial charge is 0.265 e. The van der Waals surface area contributed by atoms with Gasteiger partial charge in [0.1, 0.15) is 11.8 Å². The predicted octanol–water partition coefficient (Wildman–Crippen LogP) is -0.728. The lowest BCUT2D eigenvalue weighted by molar-refractivity contribution is -0.134. The molecule has 1 aromatic carbocycles. The van der Waals surface area contributed by atoms with Gasteiger partial charge in [-0.1, -0.05) is 12.1 Å². The molecule has 0 aliphatic carbocycles. The van der Waals surface area contributed by atoms with Crippen molar-refractivity contribution in [3.05, 3.63) is 29.8 Å². The van der Waals surface area contributed by atoms with Gasteiger partial charge in [0.25, 0.3) is 5.91 Å². The van der Waals surface area contributed by atoms with Gasteiger partial charge in [0.15, 0.2) is 0 Å². The first-order valence-corrected chi connectivity index (χ1v) is 5.72. The molecule has 0 spiro atoms. The van der Waals surface area contributed by atoms with Gasteiger partial charge in [-0.2, -0.15) is 0 Å². The second-order valence-corrected chi connectivity index (χ2v) is 4.18. The second-order valence-electron chi connectivity index (χ2n) is 4.18. The standard InChI is InChI=1S/C12H17N3O4/c1-7(11(17)15-19)14-12(18)10(13)6-8-2-4-9(16)5-3-8/h2-5,7,10,16,19H,6,13H2,1H3,(H,14,18)(H,15,17)/t7-,10-/m0/s1. The van der Waals surface area contributed by atoms with Gasteiger partial charge in [0.2, 0.25) is 5.91 Å². The summed E-state index contributed by atoms with van der Waals surface area (Å²) in [7, 11) is 0. The minimum Gasteiger partial charge on any atom is -0.508 e. The summed E-state index contributed by atoms with van der Waals surface area (Å²) in [6.07, 6.45) is 0.277. The Balaban J connectivity index is 2.53. The van der Waals surface area contributed by atoms with Crippen LogP contribution in [-0.2, 0) is 16.0 Å². The van der Waals surface area contributed by atoms with Crippen molar-refractivity contribution in [3.8, 4) is 5.75 Å². The van der Waals surface area contributed by atoms with Crippen LogP contribution in [0.4, 0.5) is 0 Å². The number of hydroxylamine groups is 1. The first-order valence-electron chi connectivity index (χ1n) is 5.72. The third kappa shape index (κ3) is 4.57. The summed E-state index contributed by atoms with van der Waals surface area (Å²) in [6.45, 7) is 1.43. The Labute approximate surface area is 110 Å². The van der Waals surface area contributed by atoms with Crippen LogP contribution in [0.5, 0.6) is 5.75 Å². The van der Waals surface area contributed by atoms with Crippen molar-refractivity contribution in [1.29, 1.82) is 0 Å². The van der Waals surface area contributed by atoms with Crippen LogP contribution >= 0.6 is 0 Å². The highest BCUT2D eigenvalue weighted by Gasteiger charge is 2.19. The molecule has 0 saturated carbocycles. The first-order chi connectivity index (χ1) is 8.93. The molecule has 1 rings (SSSR count). The molecule has 7 heteroatoms. The molecule has 2 amide bonds. The fraction of sp³-hybridized carbons (Fsp3) is 0.333. The summed E-state index contributed by atoms with van der Waals surface area (Å²) in [5.41, 5.74) is 7.94. The van der Waals surface area contributed by atoms with E-state index in [1.165, 1.54) is 24.5 Å². The highest BCUT2D eigenvalue weighted by Crippen LogP contribution is 2.10. The van der Waals surface area contributed by atoms with Crippen molar-refractivity contribution in [2.45, 2.75) is 25.4 Å². The van der Waals surface area contributed by atoms with Crippen molar-refractivity contribution in [2.75, 3.05) is 0 Å². The van der Waals surface area contributed by atoms with Gasteiger partial charge in [-0.25, -0.2) is 5.48 Å². The monoisotopic (exact) mass is 267 g/mol. The Bertz CT molecular complexity index is 447. The van der Waals surface area contributed by atoms with E-state index in [0.29, 0.717) is 0 Å². The molecule has 19 heavy (non-hydrogen) atoms. The Kier molecular flexibility index (Phi) is 5.28. The molecule has 0 heterocycles. The zero-order chi connectivity index (χ0) is 14.4. The minimum atomic E-state index is -0.872. The first kappa shape index (κ1) is 14.9. The molecule has 0 radical (unpaired) electrons. The molecular formula is C12H17N3O4. The zero-order valence-electron chi connectivity index (χ0n) is 10.5. The van der Waals surface area contributed by atoms with Crippen molar-refractivity contribution in [2.24, 2.45) is 5.73 Å². The van der Waals surface area contributed by atoms with E-state index in [1.807, 2.05) is 0 Å². The number of carbonyl (C=O) groups excluding carboxylic acids is 2. The molecule has 0 bridgehead atoms. The van der Waals surface area contributed by atoms with Crippen LogP contribution in [0, 0.1) is 0 Å². The van der Waals surface area contributed by atoms with E-state index in [4.69, 9.17) is 16.0 Å². The maximum Gasteiger partial charge on any atom is 0.265 e. The van der Waals surface area contributed by atoms with Crippen LogP contribution in [0.25, 0.3) is 0 Å². The summed E-state index contributed by atoms with van der Waals surface area (Å²) in [5.74, 6) is -1.08. The van der Waals surface area contributed by atoms with Crippen molar-refractivity contribution in [1.82, 2.24) is 10.8 Å². The molecule has 0 saturated heterocycles. The molecular weight excluding hydrogens is 250 g/mol. The lowest BCUT2D eigenvalue weighted by Gasteiger charge is -2.16. The van der Waals surface area contributed by atoms with Crippen LogP contribution in [0.2, 0.25) is 0 Å². The number of aromatic hydroxyl groups is 1. The molecule has 0 aliphatic rings. The maximum absolute atomic E-state index is 11.7. The third-order valence-corrected chi connectivity index (χ3v) is 2.59. The van der Waals surface area contributed by atoms with Gasteiger partial charge >= 0.3 is 0 Å². The second kappa shape index (κ2) is 6.72. The van der Waals surface area contributed by atoms with Crippen molar-refractivity contribution in [3.63, 3.8) is 0 Å². The highest BCUT2D eigenvalue weighted by atomic mass is 16.5.